The fourth-order valence-electron chi connectivity index (χ4n) is 2.39. The second-order valence-corrected chi connectivity index (χ2v) is 6.21. The van der Waals surface area contributed by atoms with E-state index in [-0.39, 0.29) is 17.9 Å². The molecule has 4 N–H and O–H groups in total. The first-order chi connectivity index (χ1) is 9.45. The molecule has 1 aliphatic rings. The molecular formula is C14H20BrN3O2. The monoisotopic (exact) mass is 341 g/mol. The van der Waals surface area contributed by atoms with Gasteiger partial charge in [0.2, 0.25) is 5.91 Å². The molecule has 20 heavy (non-hydrogen) atoms. The molecule has 0 aliphatic carbocycles. The van der Waals surface area contributed by atoms with Gasteiger partial charge < -0.3 is 16.2 Å². The summed E-state index contributed by atoms with van der Waals surface area (Å²) in [6.07, 6.45) is 0.473. The zero-order chi connectivity index (χ0) is 14.7. The molecule has 1 amide bonds. The van der Waals surface area contributed by atoms with Crippen LogP contribution in [-0.2, 0) is 4.79 Å². The van der Waals surface area contributed by atoms with Gasteiger partial charge in [0.05, 0.1) is 18.3 Å². The zero-order valence-electron chi connectivity index (χ0n) is 11.5. The molecule has 110 valence electrons. The lowest BCUT2D eigenvalue weighted by Gasteiger charge is -2.33. The minimum Gasteiger partial charge on any atom is -0.399 e. The highest BCUT2D eigenvalue weighted by Gasteiger charge is 2.25. The van der Waals surface area contributed by atoms with Gasteiger partial charge in [-0.15, -0.1) is 0 Å². The molecule has 1 aromatic carbocycles. The molecule has 1 fully saturated rings. The standard InChI is InChI=1S/C14H20BrN3O2/c1-9-7-18(5-4-13(9)19)8-14(20)17-12-3-2-10(16)6-11(12)15/h2-3,6,9,13,19H,4-5,7-8,16H2,1H3,(H,17,20). The normalized spacial score (nSPS) is 23.6. The molecule has 1 heterocycles. The predicted molar refractivity (Wildman–Crippen MR) is 83.4 cm³/mol. The lowest BCUT2D eigenvalue weighted by atomic mass is 9.97. The Morgan fingerprint density at radius 3 is 3.00 bits per heavy atom. The van der Waals surface area contributed by atoms with Gasteiger partial charge in [-0.3, -0.25) is 9.69 Å². The number of carbonyl (C=O) groups is 1. The summed E-state index contributed by atoms with van der Waals surface area (Å²) in [7, 11) is 0. The Kier molecular flexibility index (Phi) is 5.01. The molecule has 2 unspecified atom stereocenters. The molecule has 0 aromatic heterocycles. The van der Waals surface area contributed by atoms with Crippen LogP contribution in [0.15, 0.2) is 22.7 Å². The average Bonchev–Trinajstić information content (AvgIpc) is 2.37. The van der Waals surface area contributed by atoms with Gasteiger partial charge >= 0.3 is 0 Å². The van der Waals surface area contributed by atoms with Crippen molar-refractivity contribution in [3.63, 3.8) is 0 Å². The largest absolute Gasteiger partial charge is 0.399 e. The molecule has 1 aliphatic heterocycles. The molecule has 5 nitrogen and oxygen atoms in total. The molecule has 0 saturated carbocycles. The van der Waals surface area contributed by atoms with E-state index in [1.165, 1.54) is 0 Å². The number of aliphatic hydroxyl groups is 1. The number of hydrogen-bond acceptors (Lipinski definition) is 4. The van der Waals surface area contributed by atoms with E-state index in [1.807, 2.05) is 6.92 Å². The first-order valence-electron chi connectivity index (χ1n) is 6.71. The van der Waals surface area contributed by atoms with Crippen molar-refractivity contribution in [2.24, 2.45) is 5.92 Å². The van der Waals surface area contributed by atoms with Gasteiger partial charge in [-0.1, -0.05) is 6.92 Å². The number of halogens is 1. The quantitative estimate of drug-likeness (QED) is 0.731. The maximum atomic E-state index is 12.0. The summed E-state index contributed by atoms with van der Waals surface area (Å²) < 4.78 is 0.772. The minimum absolute atomic E-state index is 0.0564. The average molecular weight is 342 g/mol. The van der Waals surface area contributed by atoms with E-state index in [0.29, 0.717) is 17.9 Å². The summed E-state index contributed by atoms with van der Waals surface area (Å²) >= 11 is 3.38. The molecule has 0 spiro atoms. The molecule has 2 rings (SSSR count). The van der Waals surface area contributed by atoms with Crippen LogP contribution in [0, 0.1) is 5.92 Å². The highest BCUT2D eigenvalue weighted by Crippen LogP contribution is 2.24. The van der Waals surface area contributed by atoms with Crippen molar-refractivity contribution in [3.05, 3.63) is 22.7 Å². The Balaban J connectivity index is 1.89. The Hall–Kier alpha value is -1.11. The van der Waals surface area contributed by atoms with E-state index in [2.05, 4.69) is 26.1 Å². The maximum absolute atomic E-state index is 12.0. The van der Waals surface area contributed by atoms with Crippen LogP contribution in [0.5, 0.6) is 0 Å². The van der Waals surface area contributed by atoms with Gasteiger partial charge in [0.25, 0.3) is 0 Å². The fourth-order valence-corrected chi connectivity index (χ4v) is 2.88. The third kappa shape index (κ3) is 3.94. The summed E-state index contributed by atoms with van der Waals surface area (Å²) in [6.45, 7) is 3.85. The lowest BCUT2D eigenvalue weighted by Crippen LogP contribution is -2.45. The first kappa shape index (κ1) is 15.3. The third-order valence-electron chi connectivity index (χ3n) is 3.58. The molecule has 6 heteroatoms. The Labute approximate surface area is 127 Å². The van der Waals surface area contributed by atoms with Gasteiger partial charge in [-0.25, -0.2) is 0 Å². The highest BCUT2D eigenvalue weighted by atomic mass is 79.9. The molecule has 1 aromatic rings. The van der Waals surface area contributed by atoms with Crippen LogP contribution in [0.2, 0.25) is 0 Å². The second-order valence-electron chi connectivity index (χ2n) is 5.36. The Morgan fingerprint density at radius 1 is 1.60 bits per heavy atom. The molecular weight excluding hydrogens is 322 g/mol. The number of benzene rings is 1. The second kappa shape index (κ2) is 6.56. The molecule has 2 atom stereocenters. The van der Waals surface area contributed by atoms with E-state index in [9.17, 15) is 9.90 Å². The summed E-state index contributed by atoms with van der Waals surface area (Å²) in [5.41, 5.74) is 7.03. The number of likely N-dealkylation sites (tertiary alicyclic amines) is 1. The lowest BCUT2D eigenvalue weighted by molar-refractivity contribution is -0.118. The number of nitrogen functional groups attached to an aromatic ring is 1. The Bertz CT molecular complexity index is 495. The van der Waals surface area contributed by atoms with E-state index in [0.717, 1.165) is 24.0 Å². The van der Waals surface area contributed by atoms with Crippen molar-refractivity contribution in [3.8, 4) is 0 Å². The smallest absolute Gasteiger partial charge is 0.238 e. The molecule has 0 radical (unpaired) electrons. The first-order valence-corrected chi connectivity index (χ1v) is 7.50. The SMILES string of the molecule is CC1CN(CC(=O)Nc2ccc(N)cc2Br)CCC1O. The number of rotatable bonds is 3. The van der Waals surface area contributed by atoms with E-state index in [1.54, 1.807) is 18.2 Å². The zero-order valence-corrected chi connectivity index (χ0v) is 13.1. The number of piperidine rings is 1. The van der Waals surface area contributed by atoms with E-state index in [4.69, 9.17) is 5.73 Å². The molecule has 1 saturated heterocycles. The highest BCUT2D eigenvalue weighted by molar-refractivity contribution is 9.10. The van der Waals surface area contributed by atoms with E-state index < -0.39 is 0 Å². The summed E-state index contributed by atoms with van der Waals surface area (Å²) in [5.74, 6) is 0.152. The van der Waals surface area contributed by atoms with Crippen LogP contribution in [0.25, 0.3) is 0 Å². The van der Waals surface area contributed by atoms with Crippen LogP contribution in [-0.4, -0.2) is 41.7 Å². The predicted octanol–water partition coefficient (Wildman–Crippen LogP) is 1.67. The van der Waals surface area contributed by atoms with Gasteiger partial charge in [0.15, 0.2) is 0 Å². The third-order valence-corrected chi connectivity index (χ3v) is 4.23. The molecule has 0 bridgehead atoms. The van der Waals surface area contributed by atoms with Crippen molar-refractivity contribution in [2.45, 2.75) is 19.4 Å². The maximum Gasteiger partial charge on any atom is 0.238 e. The van der Waals surface area contributed by atoms with Crippen LogP contribution in [0.1, 0.15) is 13.3 Å². The van der Waals surface area contributed by atoms with Crippen molar-refractivity contribution >= 4 is 33.2 Å². The van der Waals surface area contributed by atoms with Gasteiger partial charge in [-0.2, -0.15) is 0 Å². The number of nitrogens with zero attached hydrogens (tertiary/aromatic N) is 1. The van der Waals surface area contributed by atoms with Gasteiger partial charge in [0, 0.05) is 23.2 Å². The van der Waals surface area contributed by atoms with Crippen LogP contribution >= 0.6 is 15.9 Å². The van der Waals surface area contributed by atoms with Crippen molar-refractivity contribution in [1.82, 2.24) is 4.90 Å². The van der Waals surface area contributed by atoms with Crippen molar-refractivity contribution in [1.29, 1.82) is 0 Å². The fraction of sp³-hybridized carbons (Fsp3) is 0.500. The van der Waals surface area contributed by atoms with Crippen LogP contribution in [0.4, 0.5) is 11.4 Å². The minimum atomic E-state index is -0.249. The van der Waals surface area contributed by atoms with Crippen LogP contribution < -0.4 is 11.1 Å². The van der Waals surface area contributed by atoms with Crippen molar-refractivity contribution < 1.29 is 9.90 Å². The van der Waals surface area contributed by atoms with Gasteiger partial charge in [0.1, 0.15) is 0 Å². The number of amides is 1. The number of carbonyl (C=O) groups excluding carboxylic acids is 1. The van der Waals surface area contributed by atoms with Crippen molar-refractivity contribution in [2.75, 3.05) is 30.7 Å². The summed E-state index contributed by atoms with van der Waals surface area (Å²) in [6, 6.07) is 5.29. The number of nitrogens with one attached hydrogen (secondary N) is 1. The van der Waals surface area contributed by atoms with E-state index >= 15 is 0 Å². The number of hydrogen-bond donors (Lipinski definition) is 3. The topological polar surface area (TPSA) is 78.6 Å². The summed E-state index contributed by atoms with van der Waals surface area (Å²) in [4.78, 5) is 14.1. The van der Waals surface area contributed by atoms with Crippen LogP contribution in [0.3, 0.4) is 0 Å². The van der Waals surface area contributed by atoms with Gasteiger partial charge in [-0.05, 0) is 46.5 Å². The number of aliphatic hydroxyl groups excluding tert-OH is 1. The number of nitrogens with two attached hydrogens (primary N) is 1. The summed E-state index contributed by atoms with van der Waals surface area (Å²) in [5, 5.41) is 12.5. The Morgan fingerprint density at radius 2 is 2.35 bits per heavy atom. The number of anilines is 2.